The van der Waals surface area contributed by atoms with E-state index < -0.39 is 23.7 Å². The SMILES string of the molecule is Cc1ccc(C(=O)[C@@H]2[C@@H]3C(=O)N(c4ccc(F)cc4)C(=O)[C@H]3[C@H]3CCCN32)cc1. The highest BCUT2D eigenvalue weighted by molar-refractivity contribution is 6.24. The van der Waals surface area contributed by atoms with Gasteiger partial charge in [0.05, 0.1) is 23.6 Å². The van der Waals surface area contributed by atoms with Crippen LogP contribution in [0.15, 0.2) is 48.5 Å². The summed E-state index contributed by atoms with van der Waals surface area (Å²) in [7, 11) is 0. The number of amides is 2. The van der Waals surface area contributed by atoms with Crippen LogP contribution in [-0.4, -0.2) is 41.1 Å². The Morgan fingerprint density at radius 3 is 2.31 bits per heavy atom. The van der Waals surface area contributed by atoms with Gasteiger partial charge in [-0.15, -0.1) is 0 Å². The van der Waals surface area contributed by atoms with Crippen LogP contribution >= 0.6 is 0 Å². The molecular formula is C23H21FN2O3. The maximum atomic E-state index is 13.4. The molecule has 0 spiro atoms. The van der Waals surface area contributed by atoms with E-state index in [9.17, 15) is 18.8 Å². The van der Waals surface area contributed by atoms with E-state index in [-0.39, 0.29) is 23.6 Å². The zero-order valence-corrected chi connectivity index (χ0v) is 16.0. The van der Waals surface area contributed by atoms with Crippen LogP contribution in [0.5, 0.6) is 0 Å². The van der Waals surface area contributed by atoms with Gasteiger partial charge >= 0.3 is 0 Å². The average molecular weight is 392 g/mol. The van der Waals surface area contributed by atoms with Crippen molar-refractivity contribution in [2.75, 3.05) is 11.4 Å². The van der Waals surface area contributed by atoms with E-state index in [2.05, 4.69) is 4.90 Å². The van der Waals surface area contributed by atoms with Gasteiger partial charge in [-0.1, -0.05) is 29.8 Å². The van der Waals surface area contributed by atoms with Crippen molar-refractivity contribution in [2.24, 2.45) is 11.8 Å². The summed E-state index contributed by atoms with van der Waals surface area (Å²) < 4.78 is 13.3. The second kappa shape index (κ2) is 6.59. The second-order valence-corrected chi connectivity index (χ2v) is 8.16. The molecule has 0 N–H and O–H groups in total. The Bertz CT molecular complexity index is 1000. The number of halogens is 1. The number of carbonyl (C=O) groups excluding carboxylic acids is 3. The monoisotopic (exact) mass is 392 g/mol. The van der Waals surface area contributed by atoms with Crippen molar-refractivity contribution >= 4 is 23.3 Å². The van der Waals surface area contributed by atoms with E-state index in [0.717, 1.165) is 29.8 Å². The van der Waals surface area contributed by atoms with Crippen molar-refractivity contribution in [2.45, 2.75) is 31.8 Å². The molecule has 2 aromatic carbocycles. The number of fused-ring (bicyclic) bond motifs is 3. The topological polar surface area (TPSA) is 57.7 Å². The molecule has 29 heavy (non-hydrogen) atoms. The first-order valence-corrected chi connectivity index (χ1v) is 9.97. The number of Topliss-reactive ketones (excluding diaryl/α,β-unsaturated/α-hetero) is 1. The molecule has 0 unspecified atom stereocenters. The quantitative estimate of drug-likeness (QED) is 0.595. The molecule has 0 bridgehead atoms. The van der Waals surface area contributed by atoms with Crippen molar-refractivity contribution in [1.82, 2.24) is 4.90 Å². The van der Waals surface area contributed by atoms with E-state index >= 15 is 0 Å². The van der Waals surface area contributed by atoms with Gasteiger partial charge in [0.15, 0.2) is 5.78 Å². The summed E-state index contributed by atoms with van der Waals surface area (Å²) in [6, 6.07) is 12.0. The summed E-state index contributed by atoms with van der Waals surface area (Å²) in [5.41, 5.74) is 1.98. The molecule has 2 aromatic rings. The minimum absolute atomic E-state index is 0.0960. The van der Waals surface area contributed by atoms with Crippen LogP contribution in [0, 0.1) is 24.6 Å². The largest absolute Gasteiger partial charge is 0.292 e. The number of anilines is 1. The molecule has 3 aliphatic heterocycles. The van der Waals surface area contributed by atoms with Gasteiger partial charge in [0, 0.05) is 11.6 Å². The van der Waals surface area contributed by atoms with Crippen molar-refractivity contribution in [3.05, 3.63) is 65.5 Å². The molecule has 3 heterocycles. The Morgan fingerprint density at radius 1 is 0.966 bits per heavy atom. The molecule has 3 saturated heterocycles. The zero-order chi connectivity index (χ0) is 20.3. The lowest BCUT2D eigenvalue weighted by molar-refractivity contribution is -0.123. The number of imide groups is 1. The Morgan fingerprint density at radius 2 is 1.62 bits per heavy atom. The van der Waals surface area contributed by atoms with Gasteiger partial charge in [0.2, 0.25) is 11.8 Å². The van der Waals surface area contributed by atoms with Crippen LogP contribution in [0.1, 0.15) is 28.8 Å². The van der Waals surface area contributed by atoms with E-state index in [1.165, 1.54) is 24.3 Å². The van der Waals surface area contributed by atoms with Crippen LogP contribution in [0.4, 0.5) is 10.1 Å². The van der Waals surface area contributed by atoms with Crippen LogP contribution in [0.2, 0.25) is 0 Å². The Labute approximate surface area is 168 Å². The highest BCUT2D eigenvalue weighted by atomic mass is 19.1. The third-order valence-electron chi connectivity index (χ3n) is 6.54. The minimum atomic E-state index is -0.688. The number of benzene rings is 2. The molecule has 0 radical (unpaired) electrons. The Kier molecular flexibility index (Phi) is 4.13. The van der Waals surface area contributed by atoms with Crippen molar-refractivity contribution in [1.29, 1.82) is 0 Å². The number of nitrogens with zero attached hydrogens (tertiary/aromatic N) is 2. The van der Waals surface area contributed by atoms with E-state index in [1.807, 2.05) is 19.1 Å². The maximum absolute atomic E-state index is 13.4. The fourth-order valence-corrected chi connectivity index (χ4v) is 5.25. The molecule has 0 saturated carbocycles. The Hall–Kier alpha value is -2.86. The average Bonchev–Trinajstić information content (AvgIpc) is 3.35. The van der Waals surface area contributed by atoms with Gasteiger partial charge in [0.1, 0.15) is 5.82 Å². The molecule has 5 rings (SSSR count). The number of aryl methyl sites for hydroxylation is 1. The van der Waals surface area contributed by atoms with E-state index in [4.69, 9.17) is 0 Å². The molecule has 6 heteroatoms. The van der Waals surface area contributed by atoms with Gasteiger partial charge in [-0.05, 0) is 50.6 Å². The van der Waals surface area contributed by atoms with Gasteiger partial charge < -0.3 is 0 Å². The lowest BCUT2D eigenvalue weighted by Crippen LogP contribution is -2.46. The summed E-state index contributed by atoms with van der Waals surface area (Å²) >= 11 is 0. The summed E-state index contributed by atoms with van der Waals surface area (Å²) in [6.45, 7) is 2.67. The predicted octanol–water partition coefficient (Wildman–Crippen LogP) is 2.97. The minimum Gasteiger partial charge on any atom is -0.292 e. The van der Waals surface area contributed by atoms with Crippen molar-refractivity contribution < 1.29 is 18.8 Å². The van der Waals surface area contributed by atoms with Crippen LogP contribution in [-0.2, 0) is 9.59 Å². The number of ketones is 1. The van der Waals surface area contributed by atoms with Crippen molar-refractivity contribution in [3.8, 4) is 0 Å². The molecule has 0 aliphatic carbocycles. The third-order valence-corrected chi connectivity index (χ3v) is 6.54. The molecule has 148 valence electrons. The van der Waals surface area contributed by atoms with Gasteiger partial charge in [-0.3, -0.25) is 19.3 Å². The smallest absolute Gasteiger partial charge is 0.239 e. The van der Waals surface area contributed by atoms with Crippen LogP contribution < -0.4 is 4.90 Å². The fraction of sp³-hybridized carbons (Fsp3) is 0.348. The first-order chi connectivity index (χ1) is 14.0. The lowest BCUT2D eigenvalue weighted by Gasteiger charge is -2.27. The number of hydrogen-bond donors (Lipinski definition) is 0. The standard InChI is InChI=1S/C23H21FN2O3/c1-13-4-6-14(7-5-13)21(27)20-19-18(17-3-2-12-25(17)20)22(28)26(23(19)29)16-10-8-15(24)9-11-16/h4-11,17-20H,2-3,12H2,1H3/t17-,18+,19-,20+/m1/s1. The number of rotatable bonds is 3. The Balaban J connectivity index is 1.54. The molecule has 3 fully saturated rings. The summed E-state index contributed by atoms with van der Waals surface area (Å²) in [6.07, 6.45) is 1.71. The normalized spacial score (nSPS) is 28.7. The number of carbonyl (C=O) groups is 3. The first kappa shape index (κ1) is 18.2. The molecule has 4 atom stereocenters. The first-order valence-electron chi connectivity index (χ1n) is 9.97. The summed E-state index contributed by atoms with van der Waals surface area (Å²) in [5, 5.41) is 0. The van der Waals surface area contributed by atoms with Crippen LogP contribution in [0.25, 0.3) is 0 Å². The van der Waals surface area contributed by atoms with Gasteiger partial charge in [-0.25, -0.2) is 9.29 Å². The third kappa shape index (κ3) is 2.66. The van der Waals surface area contributed by atoms with Gasteiger partial charge in [0.25, 0.3) is 0 Å². The maximum Gasteiger partial charge on any atom is 0.239 e. The number of hydrogen-bond acceptors (Lipinski definition) is 4. The summed E-state index contributed by atoms with van der Waals surface area (Å²) in [4.78, 5) is 43.2. The fourth-order valence-electron chi connectivity index (χ4n) is 5.25. The highest BCUT2D eigenvalue weighted by Crippen LogP contribution is 2.48. The predicted molar refractivity (Wildman–Crippen MR) is 105 cm³/mol. The molecular weight excluding hydrogens is 371 g/mol. The van der Waals surface area contributed by atoms with Gasteiger partial charge in [-0.2, -0.15) is 0 Å². The molecule has 3 aliphatic rings. The molecule has 2 amide bonds. The van der Waals surface area contributed by atoms with Crippen LogP contribution in [0.3, 0.4) is 0 Å². The summed E-state index contributed by atoms with van der Waals surface area (Å²) in [5.74, 6) is -2.37. The second-order valence-electron chi connectivity index (χ2n) is 8.16. The highest BCUT2D eigenvalue weighted by Gasteiger charge is 2.64. The molecule has 0 aromatic heterocycles. The van der Waals surface area contributed by atoms with E-state index in [1.54, 1.807) is 12.1 Å². The van der Waals surface area contributed by atoms with Crippen molar-refractivity contribution in [3.63, 3.8) is 0 Å². The zero-order valence-electron chi connectivity index (χ0n) is 16.0. The van der Waals surface area contributed by atoms with E-state index in [0.29, 0.717) is 11.3 Å². The molecule has 5 nitrogen and oxygen atoms in total. The lowest BCUT2D eigenvalue weighted by atomic mass is 9.85.